The fourth-order valence-electron chi connectivity index (χ4n) is 1.67. The van der Waals surface area contributed by atoms with Gasteiger partial charge in [-0.1, -0.05) is 23.2 Å². The van der Waals surface area contributed by atoms with Crippen molar-refractivity contribution < 1.29 is 0 Å². The van der Waals surface area contributed by atoms with E-state index in [9.17, 15) is 0 Å². The van der Waals surface area contributed by atoms with Crippen molar-refractivity contribution in [3.8, 4) is 0 Å². The topological polar surface area (TPSA) is 55.9 Å². The Bertz CT molecular complexity index is 578. The first-order chi connectivity index (χ1) is 8.52. The Labute approximate surface area is 116 Å². The van der Waals surface area contributed by atoms with Crippen LogP contribution in [0.5, 0.6) is 0 Å². The van der Waals surface area contributed by atoms with E-state index >= 15 is 0 Å². The van der Waals surface area contributed by atoms with Crippen molar-refractivity contribution in [2.24, 2.45) is 0 Å². The molecule has 0 aliphatic rings. The average molecular weight is 285 g/mol. The molecule has 0 unspecified atom stereocenters. The summed E-state index contributed by atoms with van der Waals surface area (Å²) in [5.41, 5.74) is 8.26. The molecule has 0 spiro atoms. The van der Waals surface area contributed by atoms with Crippen LogP contribution in [-0.4, -0.2) is 9.78 Å². The summed E-state index contributed by atoms with van der Waals surface area (Å²) in [6, 6.07) is 5.34. The smallest absolute Gasteiger partial charge is 0.152 e. The van der Waals surface area contributed by atoms with Gasteiger partial charge in [-0.3, -0.25) is 0 Å². The van der Waals surface area contributed by atoms with E-state index in [4.69, 9.17) is 28.9 Å². The van der Waals surface area contributed by atoms with Gasteiger partial charge in [0.15, 0.2) is 5.82 Å². The summed E-state index contributed by atoms with van der Waals surface area (Å²) in [6.07, 6.45) is 0. The Morgan fingerprint density at radius 1 is 1.33 bits per heavy atom. The summed E-state index contributed by atoms with van der Waals surface area (Å²) >= 11 is 11.8. The van der Waals surface area contributed by atoms with E-state index in [-0.39, 0.29) is 0 Å². The first-order valence-electron chi connectivity index (χ1n) is 5.58. The summed E-state index contributed by atoms with van der Waals surface area (Å²) in [5.74, 6) is 0.772. The van der Waals surface area contributed by atoms with Gasteiger partial charge in [-0.05, 0) is 32.0 Å². The summed E-state index contributed by atoms with van der Waals surface area (Å²) in [4.78, 5) is 0. The molecule has 1 aromatic carbocycles. The Morgan fingerprint density at radius 3 is 2.67 bits per heavy atom. The minimum Gasteiger partial charge on any atom is -0.394 e. The van der Waals surface area contributed by atoms with Crippen LogP contribution in [-0.2, 0) is 6.54 Å². The van der Waals surface area contributed by atoms with Crippen LogP contribution >= 0.6 is 23.2 Å². The van der Waals surface area contributed by atoms with Gasteiger partial charge < -0.3 is 11.1 Å². The molecule has 0 amide bonds. The van der Waals surface area contributed by atoms with Crippen molar-refractivity contribution in [1.29, 1.82) is 0 Å². The number of nitrogens with one attached hydrogen (secondary N) is 1. The summed E-state index contributed by atoms with van der Waals surface area (Å²) in [7, 11) is 0. The van der Waals surface area contributed by atoms with Gasteiger partial charge >= 0.3 is 0 Å². The fraction of sp³-hybridized carbons (Fsp3) is 0.250. The molecule has 1 aromatic heterocycles. The summed E-state index contributed by atoms with van der Waals surface area (Å²) in [5, 5.41) is 8.57. The molecule has 0 saturated carbocycles. The van der Waals surface area contributed by atoms with Crippen LogP contribution in [0.2, 0.25) is 10.0 Å². The third-order valence-corrected chi connectivity index (χ3v) is 3.39. The van der Waals surface area contributed by atoms with Crippen LogP contribution in [0.3, 0.4) is 0 Å². The average Bonchev–Trinajstić information content (AvgIpc) is 2.61. The molecular weight excluding hydrogens is 271 g/mol. The van der Waals surface area contributed by atoms with E-state index in [0.29, 0.717) is 15.7 Å². The van der Waals surface area contributed by atoms with Crippen molar-refractivity contribution in [3.05, 3.63) is 33.9 Å². The molecule has 0 fully saturated rings. The molecule has 3 N–H and O–H groups in total. The van der Waals surface area contributed by atoms with Crippen LogP contribution in [0.4, 0.5) is 17.2 Å². The van der Waals surface area contributed by atoms with Gasteiger partial charge in [-0.25, -0.2) is 4.68 Å². The fourth-order valence-corrected chi connectivity index (χ4v) is 1.96. The molecule has 0 atom stereocenters. The zero-order valence-corrected chi connectivity index (χ0v) is 11.7. The number of anilines is 3. The first-order valence-corrected chi connectivity index (χ1v) is 6.33. The number of nitrogens with two attached hydrogens (primary N) is 1. The standard InChI is InChI=1S/C12H14Cl2N4/c1-3-18-12(11(15)7(2)17-18)16-8-4-5-9(13)10(14)6-8/h4-6,16H,3,15H2,1-2H3. The van der Waals surface area contributed by atoms with Crippen LogP contribution in [0.25, 0.3) is 0 Å². The minimum absolute atomic E-state index is 0.500. The van der Waals surface area contributed by atoms with E-state index in [1.165, 1.54) is 0 Å². The highest BCUT2D eigenvalue weighted by molar-refractivity contribution is 6.42. The van der Waals surface area contributed by atoms with Crippen LogP contribution in [0.15, 0.2) is 18.2 Å². The van der Waals surface area contributed by atoms with Gasteiger partial charge in [0.05, 0.1) is 21.4 Å². The van der Waals surface area contributed by atoms with Gasteiger partial charge in [0.2, 0.25) is 0 Å². The number of nitrogens with zero attached hydrogens (tertiary/aromatic N) is 2. The summed E-state index contributed by atoms with van der Waals surface area (Å²) in [6.45, 7) is 4.62. The van der Waals surface area contributed by atoms with Gasteiger partial charge in [0, 0.05) is 12.2 Å². The number of halogens is 2. The van der Waals surface area contributed by atoms with Gasteiger partial charge in [0.1, 0.15) is 0 Å². The lowest BCUT2D eigenvalue weighted by atomic mass is 10.3. The second kappa shape index (κ2) is 5.08. The highest BCUT2D eigenvalue weighted by atomic mass is 35.5. The van der Waals surface area contributed by atoms with E-state index in [1.54, 1.807) is 12.1 Å². The number of aryl methyl sites for hydroxylation is 2. The maximum Gasteiger partial charge on any atom is 0.152 e. The second-order valence-corrected chi connectivity index (χ2v) is 4.73. The number of rotatable bonds is 3. The van der Waals surface area contributed by atoms with Crippen LogP contribution in [0, 0.1) is 6.92 Å². The molecule has 6 heteroatoms. The van der Waals surface area contributed by atoms with Crippen molar-refractivity contribution in [2.75, 3.05) is 11.1 Å². The molecule has 0 radical (unpaired) electrons. The molecule has 2 aromatic rings. The highest BCUT2D eigenvalue weighted by Gasteiger charge is 2.11. The van der Waals surface area contributed by atoms with Crippen molar-refractivity contribution in [2.45, 2.75) is 20.4 Å². The maximum absolute atomic E-state index is 5.99. The Morgan fingerprint density at radius 2 is 2.06 bits per heavy atom. The minimum atomic E-state index is 0.500. The molecule has 96 valence electrons. The number of nitrogen functional groups attached to an aromatic ring is 1. The molecule has 0 bridgehead atoms. The first kappa shape index (κ1) is 13.1. The van der Waals surface area contributed by atoms with Crippen molar-refractivity contribution in [1.82, 2.24) is 9.78 Å². The zero-order valence-electron chi connectivity index (χ0n) is 10.2. The quantitative estimate of drug-likeness (QED) is 0.900. The molecule has 4 nitrogen and oxygen atoms in total. The second-order valence-electron chi connectivity index (χ2n) is 3.92. The van der Waals surface area contributed by atoms with E-state index in [1.807, 2.05) is 24.6 Å². The third kappa shape index (κ3) is 2.40. The maximum atomic E-state index is 5.99. The van der Waals surface area contributed by atoms with Crippen molar-refractivity contribution in [3.63, 3.8) is 0 Å². The zero-order chi connectivity index (χ0) is 13.3. The molecule has 2 rings (SSSR count). The lowest BCUT2D eigenvalue weighted by molar-refractivity contribution is 0.661. The van der Waals surface area contributed by atoms with Gasteiger partial charge in [-0.15, -0.1) is 0 Å². The number of benzene rings is 1. The molecular formula is C12H14Cl2N4. The predicted molar refractivity (Wildman–Crippen MR) is 76.8 cm³/mol. The SMILES string of the molecule is CCn1nc(C)c(N)c1Nc1ccc(Cl)c(Cl)c1. The normalized spacial score (nSPS) is 10.7. The largest absolute Gasteiger partial charge is 0.394 e. The monoisotopic (exact) mass is 284 g/mol. The molecule has 0 aliphatic heterocycles. The van der Waals surface area contributed by atoms with E-state index < -0.39 is 0 Å². The Kier molecular flexibility index (Phi) is 3.68. The lowest BCUT2D eigenvalue weighted by Gasteiger charge is -2.10. The number of hydrogen-bond acceptors (Lipinski definition) is 3. The predicted octanol–water partition coefficient (Wildman–Crippen LogP) is 3.84. The highest BCUT2D eigenvalue weighted by Crippen LogP contribution is 2.30. The van der Waals surface area contributed by atoms with Crippen LogP contribution < -0.4 is 11.1 Å². The number of hydrogen-bond donors (Lipinski definition) is 2. The lowest BCUT2D eigenvalue weighted by Crippen LogP contribution is -2.04. The molecule has 0 saturated heterocycles. The van der Waals surface area contributed by atoms with Gasteiger partial charge in [-0.2, -0.15) is 5.10 Å². The molecule has 18 heavy (non-hydrogen) atoms. The van der Waals surface area contributed by atoms with E-state index in [2.05, 4.69) is 10.4 Å². The van der Waals surface area contributed by atoms with Gasteiger partial charge in [0.25, 0.3) is 0 Å². The Balaban J connectivity index is 2.36. The third-order valence-electron chi connectivity index (χ3n) is 2.66. The number of aromatic nitrogens is 2. The van der Waals surface area contributed by atoms with Crippen LogP contribution in [0.1, 0.15) is 12.6 Å². The van der Waals surface area contributed by atoms with E-state index in [0.717, 1.165) is 23.7 Å². The van der Waals surface area contributed by atoms with Crippen molar-refractivity contribution >= 4 is 40.4 Å². The molecule has 0 aliphatic carbocycles. The summed E-state index contributed by atoms with van der Waals surface area (Å²) < 4.78 is 1.81. The Hall–Kier alpha value is -1.39. The molecule has 1 heterocycles.